The fourth-order valence-electron chi connectivity index (χ4n) is 2.77. The molecule has 0 bridgehead atoms. The van der Waals surface area contributed by atoms with Crippen LogP contribution in [0, 0.1) is 0 Å². The summed E-state index contributed by atoms with van der Waals surface area (Å²) in [6.45, 7) is 1.87. The van der Waals surface area contributed by atoms with Gasteiger partial charge in [-0.1, -0.05) is 18.2 Å². The first-order valence-corrected chi connectivity index (χ1v) is 6.62. The second kappa shape index (κ2) is 5.09. The van der Waals surface area contributed by atoms with Crippen LogP contribution in [0.5, 0.6) is 0 Å². The monoisotopic (exact) mass is 284 g/mol. The first-order valence-electron chi connectivity index (χ1n) is 6.62. The van der Waals surface area contributed by atoms with Crippen LogP contribution in [-0.4, -0.2) is 31.7 Å². The van der Waals surface area contributed by atoms with Crippen LogP contribution >= 0.6 is 0 Å². The van der Waals surface area contributed by atoms with Crippen molar-refractivity contribution in [3.05, 3.63) is 34.9 Å². The lowest BCUT2D eigenvalue weighted by Gasteiger charge is -2.28. The highest BCUT2D eigenvalue weighted by atomic mass is 19.4. The van der Waals surface area contributed by atoms with Gasteiger partial charge in [0.15, 0.2) is 0 Å². The number of rotatable bonds is 2. The quantitative estimate of drug-likeness (QED) is 0.905. The van der Waals surface area contributed by atoms with Crippen LogP contribution in [0.3, 0.4) is 0 Å². The van der Waals surface area contributed by atoms with Crippen LogP contribution in [0.1, 0.15) is 22.8 Å². The molecule has 0 aromatic heterocycles. The van der Waals surface area contributed by atoms with Crippen molar-refractivity contribution in [3.63, 3.8) is 0 Å². The number of benzene rings is 1. The van der Waals surface area contributed by atoms with Gasteiger partial charge in [0.25, 0.3) is 0 Å². The van der Waals surface area contributed by atoms with Crippen molar-refractivity contribution in [1.29, 1.82) is 0 Å². The maximum atomic E-state index is 12.6. The van der Waals surface area contributed by atoms with E-state index < -0.39 is 12.6 Å². The SMILES string of the molecule is FC(F)(F)Cc1cccc2c1CCOC2C1=NCCN1. The number of fused-ring (bicyclic) bond motifs is 1. The van der Waals surface area contributed by atoms with Gasteiger partial charge in [0.2, 0.25) is 0 Å². The van der Waals surface area contributed by atoms with Crippen LogP contribution in [0.25, 0.3) is 0 Å². The smallest absolute Gasteiger partial charge is 0.369 e. The topological polar surface area (TPSA) is 33.6 Å². The molecule has 108 valence electrons. The van der Waals surface area contributed by atoms with Gasteiger partial charge in [-0.3, -0.25) is 4.99 Å². The molecule has 2 heterocycles. The number of ether oxygens (including phenoxy) is 1. The fraction of sp³-hybridized carbons (Fsp3) is 0.500. The Bertz CT molecular complexity index is 540. The van der Waals surface area contributed by atoms with Crippen molar-refractivity contribution < 1.29 is 17.9 Å². The number of hydrogen-bond donors (Lipinski definition) is 1. The van der Waals surface area contributed by atoms with E-state index in [-0.39, 0.29) is 6.10 Å². The molecule has 0 amide bonds. The van der Waals surface area contributed by atoms with Crippen molar-refractivity contribution in [2.45, 2.75) is 25.1 Å². The second-order valence-corrected chi connectivity index (χ2v) is 4.97. The minimum Gasteiger partial charge on any atom is -0.369 e. The summed E-state index contributed by atoms with van der Waals surface area (Å²) < 4.78 is 43.6. The Kier molecular flexibility index (Phi) is 3.41. The van der Waals surface area contributed by atoms with E-state index in [1.54, 1.807) is 12.1 Å². The predicted octanol–water partition coefficient (Wildman–Crippen LogP) is 2.41. The van der Waals surface area contributed by atoms with Gasteiger partial charge in [0.1, 0.15) is 11.9 Å². The number of hydrogen-bond acceptors (Lipinski definition) is 3. The predicted molar refractivity (Wildman–Crippen MR) is 68.9 cm³/mol. The van der Waals surface area contributed by atoms with Crippen LogP contribution in [0.4, 0.5) is 13.2 Å². The number of amidine groups is 1. The highest BCUT2D eigenvalue weighted by Crippen LogP contribution is 2.33. The summed E-state index contributed by atoms with van der Waals surface area (Å²) >= 11 is 0. The highest BCUT2D eigenvalue weighted by molar-refractivity contribution is 5.89. The highest BCUT2D eigenvalue weighted by Gasteiger charge is 2.33. The lowest BCUT2D eigenvalue weighted by Crippen LogP contribution is -2.31. The van der Waals surface area contributed by atoms with E-state index in [4.69, 9.17) is 4.74 Å². The fourth-order valence-corrected chi connectivity index (χ4v) is 2.77. The van der Waals surface area contributed by atoms with Gasteiger partial charge in [-0.15, -0.1) is 0 Å². The Labute approximate surface area is 114 Å². The molecule has 0 fully saturated rings. The summed E-state index contributed by atoms with van der Waals surface area (Å²) in [7, 11) is 0. The van der Waals surface area contributed by atoms with Gasteiger partial charge in [-0.05, 0) is 23.1 Å². The van der Waals surface area contributed by atoms with Gasteiger partial charge in [-0.2, -0.15) is 13.2 Å². The largest absolute Gasteiger partial charge is 0.393 e. The minimum absolute atomic E-state index is 0.349. The zero-order valence-electron chi connectivity index (χ0n) is 10.8. The molecule has 1 aromatic carbocycles. The molecule has 0 aliphatic carbocycles. The molecule has 0 radical (unpaired) electrons. The van der Waals surface area contributed by atoms with Crippen molar-refractivity contribution in [2.75, 3.05) is 19.7 Å². The molecule has 3 nitrogen and oxygen atoms in total. The van der Waals surface area contributed by atoms with E-state index in [1.807, 2.05) is 6.07 Å². The minimum atomic E-state index is -4.19. The van der Waals surface area contributed by atoms with Gasteiger partial charge in [-0.25, -0.2) is 0 Å². The number of nitrogens with zero attached hydrogens (tertiary/aromatic N) is 1. The van der Waals surface area contributed by atoms with Crippen LogP contribution in [-0.2, 0) is 17.6 Å². The normalized spacial score (nSPS) is 22.1. The van der Waals surface area contributed by atoms with Crippen molar-refractivity contribution in [2.24, 2.45) is 4.99 Å². The molecule has 6 heteroatoms. The van der Waals surface area contributed by atoms with Gasteiger partial charge in [0.05, 0.1) is 19.6 Å². The summed E-state index contributed by atoms with van der Waals surface area (Å²) in [5.74, 6) is 0.732. The molecule has 1 unspecified atom stereocenters. The second-order valence-electron chi connectivity index (χ2n) is 4.97. The first-order chi connectivity index (χ1) is 9.54. The molecule has 1 aromatic rings. The van der Waals surface area contributed by atoms with E-state index in [0.29, 0.717) is 25.1 Å². The van der Waals surface area contributed by atoms with Crippen molar-refractivity contribution in [1.82, 2.24) is 5.32 Å². The Morgan fingerprint density at radius 3 is 2.90 bits per heavy atom. The summed E-state index contributed by atoms with van der Waals surface area (Å²) in [4.78, 5) is 4.32. The summed E-state index contributed by atoms with van der Waals surface area (Å²) in [5.41, 5.74) is 1.92. The van der Waals surface area contributed by atoms with Gasteiger partial charge >= 0.3 is 6.18 Å². The Morgan fingerprint density at radius 2 is 2.20 bits per heavy atom. The Balaban J connectivity index is 1.96. The van der Waals surface area contributed by atoms with Gasteiger partial charge in [0, 0.05) is 6.54 Å². The van der Waals surface area contributed by atoms with E-state index in [1.165, 1.54) is 0 Å². The first kappa shape index (κ1) is 13.4. The molecule has 0 saturated carbocycles. The average molecular weight is 284 g/mol. The summed E-state index contributed by atoms with van der Waals surface area (Å²) in [6.07, 6.45) is -4.91. The Morgan fingerprint density at radius 1 is 1.35 bits per heavy atom. The molecule has 1 atom stereocenters. The lowest BCUT2D eigenvalue weighted by atomic mass is 9.91. The molecule has 3 rings (SSSR count). The van der Waals surface area contributed by atoms with E-state index >= 15 is 0 Å². The third kappa shape index (κ3) is 2.65. The van der Waals surface area contributed by atoms with Crippen molar-refractivity contribution >= 4 is 5.84 Å². The van der Waals surface area contributed by atoms with E-state index in [0.717, 1.165) is 23.5 Å². The third-order valence-electron chi connectivity index (χ3n) is 3.57. The van der Waals surface area contributed by atoms with Crippen LogP contribution in [0.15, 0.2) is 23.2 Å². The van der Waals surface area contributed by atoms with E-state index in [9.17, 15) is 13.2 Å². The summed E-state index contributed by atoms with van der Waals surface area (Å²) in [6, 6.07) is 5.05. The molecular weight excluding hydrogens is 269 g/mol. The zero-order chi connectivity index (χ0) is 14.2. The maximum Gasteiger partial charge on any atom is 0.393 e. The van der Waals surface area contributed by atoms with Crippen LogP contribution < -0.4 is 5.32 Å². The maximum absolute atomic E-state index is 12.6. The lowest BCUT2D eigenvalue weighted by molar-refractivity contribution is -0.127. The molecule has 2 aliphatic rings. The third-order valence-corrected chi connectivity index (χ3v) is 3.57. The Hall–Kier alpha value is -1.56. The molecule has 0 saturated heterocycles. The molecular formula is C14H15F3N2O. The zero-order valence-corrected chi connectivity index (χ0v) is 10.8. The summed E-state index contributed by atoms with van der Waals surface area (Å²) in [5, 5.41) is 3.14. The average Bonchev–Trinajstić information content (AvgIpc) is 2.90. The standard InChI is InChI=1S/C14H15F3N2O/c15-14(16,17)8-9-2-1-3-11-10(9)4-7-20-12(11)13-18-5-6-19-13/h1-3,12H,4-8H2,(H,18,19). The number of aliphatic imine (C=N–C) groups is 1. The van der Waals surface area contributed by atoms with Crippen molar-refractivity contribution in [3.8, 4) is 0 Å². The molecule has 2 aliphatic heterocycles. The number of halogens is 3. The molecule has 1 N–H and O–H groups in total. The van der Waals surface area contributed by atoms with Gasteiger partial charge < -0.3 is 10.1 Å². The number of nitrogens with one attached hydrogen (secondary N) is 1. The van der Waals surface area contributed by atoms with Crippen LogP contribution in [0.2, 0.25) is 0 Å². The molecule has 0 spiro atoms. The van der Waals surface area contributed by atoms with E-state index in [2.05, 4.69) is 10.3 Å². The molecule has 20 heavy (non-hydrogen) atoms. The number of alkyl halides is 3.